The third-order valence-corrected chi connectivity index (χ3v) is 17.0. The Balaban J connectivity index is -0.000000106. The Kier molecular flexibility index (Phi) is 83.5. The topological polar surface area (TPSA) is 340 Å². The number of ether oxygens (including phenoxy) is 2. The number of Topliss-reactive ketones (excluding diaryl/α,β-unsaturated/α-hetero) is 3. The van der Waals surface area contributed by atoms with E-state index in [1.54, 1.807) is 47.6 Å². The number of amides is 2. The van der Waals surface area contributed by atoms with Crippen molar-refractivity contribution in [2.24, 2.45) is 29.6 Å². The number of benzene rings is 5. The van der Waals surface area contributed by atoms with Gasteiger partial charge in [0.15, 0.2) is 11.6 Å². The van der Waals surface area contributed by atoms with Crippen molar-refractivity contribution in [1.82, 2.24) is 5.32 Å². The van der Waals surface area contributed by atoms with Crippen LogP contribution in [-0.4, -0.2) is 118 Å². The molecule has 1 saturated heterocycles. The average molecular weight is 2140 g/mol. The number of phenols is 1. The van der Waals surface area contributed by atoms with Crippen molar-refractivity contribution in [3.8, 4) is 17.2 Å². The summed E-state index contributed by atoms with van der Waals surface area (Å²) in [5.41, 5.74) is 9.08. The number of aliphatic hydroxyl groups is 1. The number of carbonyl (C=O) groups excluding carboxylic acids is 7. The molecule has 7 rings (SSSR count). The van der Waals surface area contributed by atoms with E-state index in [1.165, 1.54) is 23.1 Å². The fraction of sp³-hybridized carbons (Fsp3) is 0.446. The van der Waals surface area contributed by atoms with Gasteiger partial charge in [-0.2, -0.15) is 0 Å². The summed E-state index contributed by atoms with van der Waals surface area (Å²) in [4.78, 5) is 118. The monoisotopic (exact) mass is 2140 g/mol. The largest absolute Gasteiger partial charge is 0.507 e. The van der Waals surface area contributed by atoms with Crippen LogP contribution < -0.4 is 14.8 Å². The molecule has 0 aromatic heterocycles. The van der Waals surface area contributed by atoms with Crippen molar-refractivity contribution in [1.29, 1.82) is 0 Å². The van der Waals surface area contributed by atoms with Gasteiger partial charge in [0.1, 0.15) is 46.8 Å². The van der Waals surface area contributed by atoms with E-state index in [0.29, 0.717) is 49.4 Å². The fourth-order valence-electron chi connectivity index (χ4n) is 9.34. The molecule has 27 heteroatoms. The number of carboxylic acid groups (broad SMARTS) is 4. The number of aliphatic carboxylic acids is 4. The SMILES string of the molecule is Br.Br.Br.CC(C)C(=O)CCC(=O)O.CC(C)C(=O)CCC(=O)O.CC(C)C/C=C/c1ccccc1.CC(C)C/C=C/c1ccccc1.CC(C)Cc1ccccc1.CCC(=O)/C=C/C(=O)O.CCC(=O)/C=C/C(=O)O.CCC(=O)CCCO.CI.Cc1cc(/C=C2\SC(=O)NC2=O)ccc1OCC1(C)CCc2c(C)c(O)c(C)c(C)c2O1.[HH].[HH].[HH].[HH].[HH].[Y].[Y]. The van der Waals surface area contributed by atoms with E-state index in [1.807, 2.05) is 76.8 Å². The first-order chi connectivity index (χ1) is 53.6. The van der Waals surface area contributed by atoms with E-state index < -0.39 is 29.5 Å². The number of hydrogen-bond acceptors (Lipinski definition) is 16. The third kappa shape index (κ3) is 67.4. The van der Waals surface area contributed by atoms with E-state index in [-0.39, 0.29) is 208 Å². The van der Waals surface area contributed by atoms with Crippen LogP contribution in [-0.2, 0) is 126 Å². The zero-order chi connectivity index (χ0) is 87.5. The van der Waals surface area contributed by atoms with Gasteiger partial charge in [-0.3, -0.25) is 48.5 Å². The van der Waals surface area contributed by atoms with E-state index in [2.05, 4.69) is 173 Å². The number of nitrogens with one attached hydrogen (secondary N) is 1. The normalized spacial score (nSPS) is 12.7. The summed E-state index contributed by atoms with van der Waals surface area (Å²) in [7, 11) is 0. The van der Waals surface area contributed by atoms with Crippen molar-refractivity contribution >= 4 is 167 Å². The zero-order valence-electron chi connectivity index (χ0n) is 72.9. The number of thioether (sulfide) groups is 1. The molecule has 0 spiro atoms. The predicted octanol–water partition coefficient (Wildman–Crippen LogP) is 23.6. The maximum atomic E-state index is 11.8. The summed E-state index contributed by atoms with van der Waals surface area (Å²) < 4.78 is 12.6. The van der Waals surface area contributed by atoms with Crippen molar-refractivity contribution in [2.45, 2.75) is 220 Å². The van der Waals surface area contributed by atoms with Crippen molar-refractivity contribution in [3.05, 3.63) is 201 Å². The molecule has 0 aliphatic carbocycles. The number of ketones is 5. The smallest absolute Gasteiger partial charge is 0.328 e. The van der Waals surface area contributed by atoms with Crippen LogP contribution >= 0.6 is 85.3 Å². The number of aryl methyl sites for hydroxylation is 1. The molecule has 0 saturated carbocycles. The Morgan fingerprint density at radius 2 is 1.00 bits per heavy atom. The summed E-state index contributed by atoms with van der Waals surface area (Å²) in [6.07, 6.45) is 22.1. The number of carbonyl (C=O) groups is 11. The Morgan fingerprint density at radius 1 is 0.571 bits per heavy atom. The quantitative estimate of drug-likeness (QED) is 0.0128. The van der Waals surface area contributed by atoms with Crippen LogP contribution in [0.1, 0.15) is 231 Å². The summed E-state index contributed by atoms with van der Waals surface area (Å²) in [6.45, 7) is 36.0. The maximum absolute atomic E-state index is 11.8. The van der Waals surface area contributed by atoms with Crippen LogP contribution in [0.3, 0.4) is 0 Å². The maximum Gasteiger partial charge on any atom is 0.328 e. The molecular formula is C92H141Br3INO19SY2. The fourth-order valence-corrected chi connectivity index (χ4v) is 10.0. The first-order valence-corrected chi connectivity index (χ1v) is 41.5. The third-order valence-electron chi connectivity index (χ3n) is 16.2. The van der Waals surface area contributed by atoms with Crippen LogP contribution in [0, 0.1) is 57.3 Å². The van der Waals surface area contributed by atoms with E-state index >= 15 is 0 Å². The molecule has 2 amide bonds. The Morgan fingerprint density at radius 3 is 1.34 bits per heavy atom. The van der Waals surface area contributed by atoms with E-state index in [9.17, 15) is 57.8 Å². The van der Waals surface area contributed by atoms with Crippen molar-refractivity contribution in [2.75, 3.05) is 18.1 Å². The molecule has 7 N–H and O–H groups in total. The first kappa shape index (κ1) is 129. The number of fused-ring (bicyclic) bond motifs is 1. The zero-order valence-corrected chi connectivity index (χ0v) is 86.7. The molecule has 2 heterocycles. The number of halogens is 4. The molecule has 5 aromatic carbocycles. The minimum atomic E-state index is -1.09. The van der Waals surface area contributed by atoms with Crippen LogP contribution in [0.4, 0.5) is 4.79 Å². The second-order valence-corrected chi connectivity index (χ2v) is 29.5. The molecule has 2 radical (unpaired) electrons. The number of carboxylic acids is 4. The number of hydrogen-bond donors (Lipinski definition) is 7. The predicted molar refractivity (Wildman–Crippen MR) is 511 cm³/mol. The number of aromatic hydroxyl groups is 1. The molecule has 119 heavy (non-hydrogen) atoms. The summed E-state index contributed by atoms with van der Waals surface area (Å²) >= 11 is 3.05. The van der Waals surface area contributed by atoms with Gasteiger partial charge in [0.05, 0.1) is 17.7 Å². The van der Waals surface area contributed by atoms with E-state index in [0.717, 1.165) is 124 Å². The standard InChI is InChI=1S/C25H27NO5S.2C12H16.C10H14.2C7H12O3.2C6H8O3.C6H12O2.CH3I.3BrH.2Y.5H2/c1-13-10-17(11-20-23(28)26-24(29)32-20)6-7-19(13)30-12-25(5)9-8-18-16(4)21(27)14(2)15(3)22(18)31-25;2*1-11(2)7-6-10-12-8-4-3-5-9-12;1-9(2)8-10-6-4-3-5-7-10;2*1-5(2)6(8)3-4-7(9)10;2*1-2-5(7)3-4-6(8)9;1-2-6(8)4-3-5-7;1-2;;;;;;;;;;/h6-7,10-11,27H,8-9,12H2,1-5H3,(H,26,28,29);2*3-6,8-11H,7H2,1-2H3;3-7,9H,8H2,1-2H3;2*5H,3-4H2,1-2H3,(H,9,10);2*3-4H,2H2,1H3,(H,8,9);7H,2-5H2,1H3;1H3;3*1H;;;5*1H/b20-11-;2*10-6+;;;;2*4-3+;;;;;;;;;;;;. The van der Waals surface area contributed by atoms with Crippen molar-refractivity contribution in [3.63, 3.8) is 0 Å². The first-order valence-electron chi connectivity index (χ1n) is 38.5. The number of allylic oxidation sites excluding steroid dienone is 4. The van der Waals surface area contributed by atoms with Gasteiger partial charge < -0.3 is 40.1 Å². The molecule has 668 valence electrons. The molecule has 2 aliphatic heterocycles. The van der Waals surface area contributed by atoms with Crippen LogP contribution in [0.15, 0.2) is 151 Å². The van der Waals surface area contributed by atoms with Gasteiger partial charge in [0, 0.05) is 147 Å². The second-order valence-electron chi connectivity index (χ2n) is 28.4. The second kappa shape index (κ2) is 77.1. The summed E-state index contributed by atoms with van der Waals surface area (Å²) in [5.74, 6) is -0.276. The number of imide groups is 1. The summed E-state index contributed by atoms with van der Waals surface area (Å²) in [5, 5.41) is 53.0. The van der Waals surface area contributed by atoms with E-state index in [4.69, 9.17) is 35.0 Å². The molecule has 1 atom stereocenters. The molecule has 2 aliphatic rings. The Labute approximate surface area is 815 Å². The van der Waals surface area contributed by atoms with Gasteiger partial charge in [0.25, 0.3) is 11.1 Å². The average Bonchev–Trinajstić information content (AvgIpc) is 0.928. The molecule has 5 aromatic rings. The van der Waals surface area contributed by atoms with Gasteiger partial charge in [-0.05, 0) is 182 Å². The van der Waals surface area contributed by atoms with Gasteiger partial charge in [-0.1, -0.05) is 234 Å². The van der Waals surface area contributed by atoms with Crippen molar-refractivity contribution < 1.29 is 165 Å². The van der Waals surface area contributed by atoms with Gasteiger partial charge in [-0.15, -0.1) is 50.9 Å². The molecular weight excluding hydrogens is 2000 g/mol. The number of aliphatic hydroxyl groups excluding tert-OH is 1. The number of phenolic OH excluding ortho intramolecular Hbond substituents is 1. The van der Waals surface area contributed by atoms with Gasteiger partial charge >= 0.3 is 23.9 Å². The summed E-state index contributed by atoms with van der Waals surface area (Å²) in [6, 6.07) is 37.1. The minimum Gasteiger partial charge on any atom is -0.507 e. The molecule has 1 fully saturated rings. The van der Waals surface area contributed by atoms with Crippen LogP contribution in [0.25, 0.3) is 18.2 Å². The molecule has 1 unspecified atom stereocenters. The Bertz CT molecular complexity index is 3810. The minimum absolute atomic E-state index is 0. The molecule has 0 bridgehead atoms. The number of alkyl halides is 1. The Hall–Kier alpha value is -5.74. The van der Waals surface area contributed by atoms with Gasteiger partial charge in [0.2, 0.25) is 0 Å². The molecule has 20 nitrogen and oxygen atoms in total. The van der Waals surface area contributed by atoms with Crippen LogP contribution in [0.2, 0.25) is 0 Å². The van der Waals surface area contributed by atoms with Gasteiger partial charge in [-0.25, -0.2) is 9.59 Å². The number of rotatable bonds is 30. The van der Waals surface area contributed by atoms with Crippen LogP contribution in [0.5, 0.6) is 17.2 Å².